The van der Waals surface area contributed by atoms with E-state index in [0.29, 0.717) is 0 Å². The summed E-state index contributed by atoms with van der Waals surface area (Å²) in [6, 6.07) is 23.7. The zero-order valence-corrected chi connectivity index (χ0v) is 17.4. The molecule has 0 aliphatic rings. The van der Waals surface area contributed by atoms with Crippen molar-refractivity contribution >= 4 is 50.5 Å². The maximum absolute atomic E-state index is 12.2. The lowest BCUT2D eigenvalue weighted by Gasteiger charge is -2.13. The van der Waals surface area contributed by atoms with E-state index in [0.717, 1.165) is 37.6 Å². The van der Waals surface area contributed by atoms with Crippen molar-refractivity contribution < 1.29 is 4.79 Å². The molecule has 4 nitrogen and oxygen atoms in total. The Kier molecular flexibility index (Phi) is 5.64. The van der Waals surface area contributed by atoms with E-state index in [-0.39, 0.29) is 17.4 Å². The smallest absolute Gasteiger partial charge is 0.230 e. The SMILES string of the molecule is Cc1c(NC(=S)NC(=O)Cc2ccccc2)cccc1-c1nc2ccccc2s1. The minimum absolute atomic E-state index is 0.145. The van der Waals surface area contributed by atoms with Gasteiger partial charge in [-0.15, -0.1) is 11.3 Å². The molecule has 4 aromatic rings. The number of hydrogen-bond donors (Lipinski definition) is 2. The first kappa shape index (κ1) is 19.2. The highest BCUT2D eigenvalue weighted by Gasteiger charge is 2.12. The van der Waals surface area contributed by atoms with Gasteiger partial charge in [0.15, 0.2) is 5.11 Å². The molecule has 0 saturated heterocycles. The lowest BCUT2D eigenvalue weighted by Crippen LogP contribution is -2.35. The second-order valence-electron chi connectivity index (χ2n) is 6.63. The van der Waals surface area contributed by atoms with Crippen LogP contribution in [0.25, 0.3) is 20.8 Å². The molecule has 3 aromatic carbocycles. The van der Waals surface area contributed by atoms with Crippen LogP contribution >= 0.6 is 23.6 Å². The number of para-hydroxylation sites is 1. The molecular formula is C23H19N3OS2. The molecule has 0 aliphatic heterocycles. The summed E-state index contributed by atoms with van der Waals surface area (Å²) in [5.41, 5.74) is 4.88. The number of nitrogens with one attached hydrogen (secondary N) is 2. The number of amides is 1. The van der Waals surface area contributed by atoms with Crippen molar-refractivity contribution in [3.63, 3.8) is 0 Å². The molecule has 2 N–H and O–H groups in total. The molecule has 0 radical (unpaired) electrons. The van der Waals surface area contributed by atoms with Gasteiger partial charge in [-0.05, 0) is 48.5 Å². The fraction of sp³-hybridized carbons (Fsp3) is 0.0870. The standard InChI is InChI=1S/C23H19N3OS2/c1-15-17(22-24-19-11-5-6-13-20(19)29-22)10-7-12-18(15)25-23(28)26-21(27)14-16-8-3-2-4-9-16/h2-13H,14H2,1H3,(H2,25,26,27,28). The predicted molar refractivity (Wildman–Crippen MR) is 124 cm³/mol. The van der Waals surface area contributed by atoms with E-state index in [2.05, 4.69) is 22.8 Å². The Balaban J connectivity index is 1.48. The van der Waals surface area contributed by atoms with Gasteiger partial charge in [-0.2, -0.15) is 0 Å². The van der Waals surface area contributed by atoms with E-state index in [4.69, 9.17) is 17.2 Å². The summed E-state index contributed by atoms with van der Waals surface area (Å²) < 4.78 is 1.16. The van der Waals surface area contributed by atoms with Crippen molar-refractivity contribution in [2.24, 2.45) is 0 Å². The van der Waals surface area contributed by atoms with E-state index in [1.54, 1.807) is 11.3 Å². The summed E-state index contributed by atoms with van der Waals surface area (Å²) in [5.74, 6) is -0.145. The molecule has 1 aromatic heterocycles. The van der Waals surface area contributed by atoms with E-state index < -0.39 is 0 Å². The normalized spacial score (nSPS) is 10.7. The van der Waals surface area contributed by atoms with Crippen molar-refractivity contribution in [2.75, 3.05) is 5.32 Å². The largest absolute Gasteiger partial charge is 0.332 e. The monoisotopic (exact) mass is 417 g/mol. The third kappa shape index (κ3) is 4.50. The summed E-state index contributed by atoms with van der Waals surface area (Å²) in [7, 11) is 0. The molecule has 0 atom stereocenters. The van der Waals surface area contributed by atoms with Crippen LogP contribution in [0.4, 0.5) is 5.69 Å². The highest BCUT2D eigenvalue weighted by Crippen LogP contribution is 2.34. The van der Waals surface area contributed by atoms with E-state index in [9.17, 15) is 4.79 Å². The Hall–Kier alpha value is -3.09. The zero-order valence-electron chi connectivity index (χ0n) is 15.8. The molecule has 0 fully saturated rings. The van der Waals surface area contributed by atoms with Crippen molar-refractivity contribution in [3.05, 3.63) is 83.9 Å². The molecule has 1 heterocycles. The maximum atomic E-state index is 12.2. The molecule has 144 valence electrons. The first-order valence-electron chi connectivity index (χ1n) is 9.20. The van der Waals surface area contributed by atoms with Gasteiger partial charge in [-0.3, -0.25) is 4.79 Å². The Morgan fingerprint density at radius 3 is 2.55 bits per heavy atom. The fourth-order valence-corrected chi connectivity index (χ4v) is 4.37. The van der Waals surface area contributed by atoms with E-state index in [1.165, 1.54) is 0 Å². The highest BCUT2D eigenvalue weighted by molar-refractivity contribution is 7.80. The Bertz CT molecular complexity index is 1150. The number of carbonyl (C=O) groups is 1. The quantitative estimate of drug-likeness (QED) is 0.441. The van der Waals surface area contributed by atoms with Gasteiger partial charge in [-0.25, -0.2) is 4.98 Å². The number of thiocarbonyl (C=S) groups is 1. The minimum atomic E-state index is -0.145. The average molecular weight is 418 g/mol. The molecule has 0 saturated carbocycles. The van der Waals surface area contributed by atoms with Crippen LogP contribution in [0.15, 0.2) is 72.8 Å². The Morgan fingerprint density at radius 1 is 1.00 bits per heavy atom. The van der Waals surface area contributed by atoms with Crippen LogP contribution in [-0.2, 0) is 11.2 Å². The molecule has 0 bridgehead atoms. The van der Waals surface area contributed by atoms with Gasteiger partial charge in [0.05, 0.1) is 16.6 Å². The third-order valence-electron chi connectivity index (χ3n) is 4.57. The van der Waals surface area contributed by atoms with Gasteiger partial charge >= 0.3 is 0 Å². The van der Waals surface area contributed by atoms with Crippen LogP contribution in [0.3, 0.4) is 0 Å². The number of aromatic nitrogens is 1. The number of nitrogens with zero attached hydrogens (tertiary/aromatic N) is 1. The number of rotatable bonds is 4. The summed E-state index contributed by atoms with van der Waals surface area (Å²) in [5, 5.41) is 7.15. The fourth-order valence-electron chi connectivity index (χ4n) is 3.10. The van der Waals surface area contributed by atoms with Crippen LogP contribution in [0, 0.1) is 6.92 Å². The van der Waals surface area contributed by atoms with Gasteiger partial charge in [0, 0.05) is 11.3 Å². The van der Waals surface area contributed by atoms with Crippen LogP contribution in [0.5, 0.6) is 0 Å². The number of fused-ring (bicyclic) bond motifs is 1. The second kappa shape index (κ2) is 8.51. The van der Waals surface area contributed by atoms with Gasteiger partial charge in [0.25, 0.3) is 0 Å². The number of carbonyl (C=O) groups excluding carboxylic acids is 1. The molecular weight excluding hydrogens is 398 g/mol. The van der Waals surface area contributed by atoms with Crippen molar-refractivity contribution in [2.45, 2.75) is 13.3 Å². The predicted octanol–water partition coefficient (Wildman–Crippen LogP) is 5.33. The van der Waals surface area contributed by atoms with Crippen molar-refractivity contribution in [1.29, 1.82) is 0 Å². The van der Waals surface area contributed by atoms with Crippen molar-refractivity contribution in [3.8, 4) is 10.6 Å². The topological polar surface area (TPSA) is 54.0 Å². The third-order valence-corrected chi connectivity index (χ3v) is 5.84. The molecule has 29 heavy (non-hydrogen) atoms. The zero-order chi connectivity index (χ0) is 20.2. The average Bonchev–Trinajstić information content (AvgIpc) is 3.14. The summed E-state index contributed by atoms with van der Waals surface area (Å²) in [6.45, 7) is 2.03. The van der Waals surface area contributed by atoms with Gasteiger partial charge in [0.1, 0.15) is 5.01 Å². The van der Waals surface area contributed by atoms with Crippen LogP contribution in [-0.4, -0.2) is 16.0 Å². The van der Waals surface area contributed by atoms with E-state index in [1.807, 2.05) is 67.6 Å². The number of hydrogen-bond acceptors (Lipinski definition) is 4. The first-order valence-corrected chi connectivity index (χ1v) is 10.4. The molecule has 4 rings (SSSR count). The van der Waals surface area contributed by atoms with E-state index >= 15 is 0 Å². The molecule has 0 unspecified atom stereocenters. The maximum Gasteiger partial charge on any atom is 0.230 e. The Morgan fingerprint density at radius 2 is 1.76 bits per heavy atom. The second-order valence-corrected chi connectivity index (χ2v) is 8.07. The van der Waals surface area contributed by atoms with Crippen LogP contribution in [0.2, 0.25) is 0 Å². The summed E-state index contributed by atoms with van der Waals surface area (Å²) in [6.07, 6.45) is 0.285. The van der Waals surface area contributed by atoms with Gasteiger partial charge < -0.3 is 10.6 Å². The molecule has 0 aliphatic carbocycles. The van der Waals surface area contributed by atoms with Crippen molar-refractivity contribution in [1.82, 2.24) is 10.3 Å². The Labute approximate surface area is 178 Å². The van der Waals surface area contributed by atoms with Gasteiger partial charge in [0.2, 0.25) is 5.91 Å². The van der Waals surface area contributed by atoms with Crippen LogP contribution in [0.1, 0.15) is 11.1 Å². The number of thiazole rings is 1. The summed E-state index contributed by atoms with van der Waals surface area (Å²) in [4.78, 5) is 17.0. The lowest BCUT2D eigenvalue weighted by atomic mass is 10.1. The molecule has 0 spiro atoms. The number of benzene rings is 3. The highest BCUT2D eigenvalue weighted by atomic mass is 32.1. The number of anilines is 1. The molecule has 6 heteroatoms. The summed E-state index contributed by atoms with van der Waals surface area (Å²) >= 11 is 7.01. The lowest BCUT2D eigenvalue weighted by molar-refractivity contribution is -0.119. The minimum Gasteiger partial charge on any atom is -0.332 e. The molecule has 1 amide bonds. The first-order chi connectivity index (χ1) is 14.1. The van der Waals surface area contributed by atoms with Gasteiger partial charge in [-0.1, -0.05) is 54.6 Å². The van der Waals surface area contributed by atoms with Crippen LogP contribution < -0.4 is 10.6 Å².